The lowest BCUT2D eigenvalue weighted by atomic mass is 10.1. The monoisotopic (exact) mass is 503 g/mol. The van der Waals surface area contributed by atoms with E-state index in [1.54, 1.807) is 18.2 Å². The average Bonchev–Trinajstić information content (AvgIpc) is 2.68. The summed E-state index contributed by atoms with van der Waals surface area (Å²) in [5.74, 6) is 0.711. The van der Waals surface area contributed by atoms with Crippen LogP contribution in [-0.4, -0.2) is 35.2 Å². The number of rotatable bonds is 7. The van der Waals surface area contributed by atoms with Crippen molar-refractivity contribution < 1.29 is 14.3 Å². The molecule has 0 aliphatic rings. The number of alkyl halides is 3. The van der Waals surface area contributed by atoms with E-state index < -0.39 is 9.96 Å². The lowest BCUT2D eigenvalue weighted by molar-refractivity contribution is -0.121. The maximum Gasteiger partial charge on any atom is 0.228 e. The molecule has 0 unspecified atom stereocenters. The molecule has 0 aliphatic heterocycles. The first-order valence-corrected chi connectivity index (χ1v) is 10.8. The summed E-state index contributed by atoms with van der Waals surface area (Å²) in [6.07, 6.45) is -1.02. The Balaban J connectivity index is 2.05. The highest BCUT2D eigenvalue weighted by atomic mass is 35.6. The number of ether oxygens (including phenoxy) is 2. The molecule has 0 aliphatic carbocycles. The van der Waals surface area contributed by atoms with Crippen LogP contribution >= 0.6 is 47.0 Å². The Morgan fingerprint density at radius 2 is 1.71 bits per heavy atom. The molecular formula is C21H24Cl3N3O3S. The number of thiocarbonyl (C=S) groups is 1. The van der Waals surface area contributed by atoms with Gasteiger partial charge in [-0.25, -0.2) is 0 Å². The van der Waals surface area contributed by atoms with Crippen molar-refractivity contribution in [3.63, 3.8) is 0 Å². The van der Waals surface area contributed by atoms with Crippen LogP contribution in [0.25, 0.3) is 0 Å². The van der Waals surface area contributed by atoms with Crippen LogP contribution in [0.4, 0.5) is 5.69 Å². The molecule has 2 aromatic carbocycles. The minimum atomic E-state index is -1.85. The summed E-state index contributed by atoms with van der Waals surface area (Å²) >= 11 is 23.5. The summed E-state index contributed by atoms with van der Waals surface area (Å²) in [4.78, 5) is 12.6. The van der Waals surface area contributed by atoms with Crippen molar-refractivity contribution in [3.8, 4) is 11.5 Å². The second-order valence-corrected chi connectivity index (χ2v) is 9.60. The molecule has 6 nitrogen and oxygen atoms in total. The third-order valence-corrected chi connectivity index (χ3v) is 5.23. The van der Waals surface area contributed by atoms with Crippen molar-refractivity contribution >= 4 is 63.7 Å². The number of halogens is 3. The van der Waals surface area contributed by atoms with Gasteiger partial charge in [0.25, 0.3) is 0 Å². The standard InChI is InChI=1S/C21H24Cl3N3O3S/c1-12-5-7-15(13(2)9-12)25-20(31)27-19(21(22,23)24)26-18(28)11-14-6-8-16(29-3)17(10-14)30-4/h5-10,19H,11H2,1-4H3,(H,26,28)(H2,25,27,31)/t19-/m0/s1. The number of nitrogens with one attached hydrogen (secondary N) is 3. The zero-order chi connectivity index (χ0) is 23.2. The number of anilines is 1. The maximum atomic E-state index is 12.6. The third-order valence-electron chi connectivity index (χ3n) is 4.35. The Morgan fingerprint density at radius 3 is 2.29 bits per heavy atom. The predicted octanol–water partition coefficient (Wildman–Crippen LogP) is 4.66. The first-order chi connectivity index (χ1) is 14.5. The molecule has 3 N–H and O–H groups in total. The SMILES string of the molecule is COc1ccc(CC(=O)N[C@@H](NC(=S)Nc2ccc(C)cc2C)C(Cl)(Cl)Cl)cc1OC. The van der Waals surface area contributed by atoms with Gasteiger partial charge >= 0.3 is 0 Å². The smallest absolute Gasteiger partial charge is 0.228 e. The van der Waals surface area contributed by atoms with Crippen molar-refractivity contribution in [2.75, 3.05) is 19.5 Å². The van der Waals surface area contributed by atoms with Crippen LogP contribution in [0.2, 0.25) is 0 Å². The first kappa shape index (κ1) is 25.3. The predicted molar refractivity (Wildman–Crippen MR) is 131 cm³/mol. The molecule has 0 aromatic heterocycles. The molecule has 0 heterocycles. The lowest BCUT2D eigenvalue weighted by Gasteiger charge is -2.28. The van der Waals surface area contributed by atoms with E-state index in [4.69, 9.17) is 56.5 Å². The molecule has 0 fully saturated rings. The van der Waals surface area contributed by atoms with Gasteiger partial charge in [0.15, 0.2) is 16.6 Å². The van der Waals surface area contributed by atoms with E-state index in [9.17, 15) is 4.79 Å². The molecule has 1 amide bonds. The van der Waals surface area contributed by atoms with Gasteiger partial charge in [-0.3, -0.25) is 4.79 Å². The van der Waals surface area contributed by atoms with Crippen LogP contribution in [0.5, 0.6) is 11.5 Å². The second kappa shape index (κ2) is 11.1. The molecule has 0 radical (unpaired) electrons. The van der Waals surface area contributed by atoms with Gasteiger partial charge in [-0.1, -0.05) is 58.6 Å². The molecule has 0 spiro atoms. The van der Waals surface area contributed by atoms with Crippen LogP contribution in [0.3, 0.4) is 0 Å². The molecule has 1 atom stereocenters. The summed E-state index contributed by atoms with van der Waals surface area (Å²) in [5, 5.41) is 8.78. The van der Waals surface area contributed by atoms with E-state index in [-0.39, 0.29) is 17.4 Å². The van der Waals surface area contributed by atoms with E-state index in [1.807, 2.05) is 32.0 Å². The van der Waals surface area contributed by atoms with E-state index in [0.29, 0.717) is 17.1 Å². The second-order valence-electron chi connectivity index (χ2n) is 6.83. The number of methoxy groups -OCH3 is 2. The quantitative estimate of drug-likeness (QED) is 0.289. The summed E-state index contributed by atoms with van der Waals surface area (Å²) in [6.45, 7) is 3.95. The molecule has 2 rings (SSSR count). The fraction of sp³-hybridized carbons (Fsp3) is 0.333. The van der Waals surface area contributed by atoms with Gasteiger partial charge in [-0.15, -0.1) is 0 Å². The fourth-order valence-corrected chi connectivity index (χ4v) is 3.39. The molecule has 31 heavy (non-hydrogen) atoms. The van der Waals surface area contributed by atoms with Crippen LogP contribution in [0.15, 0.2) is 36.4 Å². The highest BCUT2D eigenvalue weighted by Crippen LogP contribution is 2.30. The van der Waals surface area contributed by atoms with Gasteiger partial charge in [0.1, 0.15) is 6.17 Å². The topological polar surface area (TPSA) is 71.6 Å². The van der Waals surface area contributed by atoms with E-state index >= 15 is 0 Å². The summed E-state index contributed by atoms with van der Waals surface area (Å²) < 4.78 is 8.62. The molecule has 10 heteroatoms. The van der Waals surface area contributed by atoms with Crippen molar-refractivity contribution in [3.05, 3.63) is 53.1 Å². The van der Waals surface area contributed by atoms with Gasteiger partial charge in [0.05, 0.1) is 20.6 Å². The Kier molecular flexibility index (Phi) is 9.06. The third kappa shape index (κ3) is 7.61. The number of benzene rings is 2. The molecule has 0 bridgehead atoms. The Bertz CT molecular complexity index is 951. The van der Waals surface area contributed by atoms with Gasteiger partial charge in [0.2, 0.25) is 9.70 Å². The Hall–Kier alpha value is -1.93. The minimum Gasteiger partial charge on any atom is -0.493 e. The Labute approximate surface area is 202 Å². The minimum absolute atomic E-state index is 0.0382. The summed E-state index contributed by atoms with van der Waals surface area (Å²) in [7, 11) is 3.06. The first-order valence-electron chi connectivity index (χ1n) is 9.25. The van der Waals surface area contributed by atoms with Gasteiger partial charge in [-0.05, 0) is 55.4 Å². The maximum absolute atomic E-state index is 12.6. The number of aryl methyl sites for hydroxylation is 2. The van der Waals surface area contributed by atoms with Crippen molar-refractivity contribution in [1.82, 2.24) is 10.6 Å². The number of hydrogen-bond acceptors (Lipinski definition) is 4. The van der Waals surface area contributed by atoms with E-state index in [1.165, 1.54) is 14.2 Å². The van der Waals surface area contributed by atoms with Crippen LogP contribution < -0.4 is 25.4 Å². The fourth-order valence-electron chi connectivity index (χ4n) is 2.83. The number of hydrogen-bond donors (Lipinski definition) is 3. The molecule has 0 saturated heterocycles. The van der Waals surface area contributed by atoms with Crippen LogP contribution in [-0.2, 0) is 11.2 Å². The van der Waals surface area contributed by atoms with Crippen LogP contribution in [0.1, 0.15) is 16.7 Å². The van der Waals surface area contributed by atoms with Crippen molar-refractivity contribution in [2.45, 2.75) is 30.2 Å². The number of carbonyl (C=O) groups excluding carboxylic acids is 1. The molecular weight excluding hydrogens is 481 g/mol. The van der Waals surface area contributed by atoms with E-state index in [0.717, 1.165) is 16.8 Å². The van der Waals surface area contributed by atoms with Gasteiger partial charge < -0.3 is 25.4 Å². The summed E-state index contributed by atoms with van der Waals surface area (Å²) in [5.41, 5.74) is 3.65. The highest BCUT2D eigenvalue weighted by molar-refractivity contribution is 7.80. The van der Waals surface area contributed by atoms with Gasteiger partial charge in [-0.2, -0.15) is 0 Å². The highest BCUT2D eigenvalue weighted by Gasteiger charge is 2.34. The molecule has 168 valence electrons. The normalized spacial score (nSPS) is 12.0. The van der Waals surface area contributed by atoms with Crippen molar-refractivity contribution in [2.24, 2.45) is 0 Å². The number of carbonyl (C=O) groups is 1. The summed E-state index contributed by atoms with van der Waals surface area (Å²) in [6, 6.07) is 11.1. The van der Waals surface area contributed by atoms with E-state index in [2.05, 4.69) is 16.0 Å². The Morgan fingerprint density at radius 1 is 1.03 bits per heavy atom. The largest absolute Gasteiger partial charge is 0.493 e. The number of amides is 1. The lowest BCUT2D eigenvalue weighted by Crippen LogP contribution is -2.56. The van der Waals surface area contributed by atoms with Crippen LogP contribution in [0, 0.1) is 13.8 Å². The van der Waals surface area contributed by atoms with Gasteiger partial charge in [0, 0.05) is 5.69 Å². The van der Waals surface area contributed by atoms with Crippen molar-refractivity contribution in [1.29, 1.82) is 0 Å². The zero-order valence-corrected chi connectivity index (χ0v) is 20.6. The molecule has 2 aromatic rings. The average molecular weight is 505 g/mol. The molecule has 0 saturated carbocycles. The zero-order valence-electron chi connectivity index (χ0n) is 17.5.